The van der Waals surface area contributed by atoms with Crippen molar-refractivity contribution in [3.05, 3.63) is 36.0 Å². The molecule has 2 N–H and O–H groups in total. The highest BCUT2D eigenvalue weighted by molar-refractivity contribution is 7.14. The molecule has 0 aliphatic carbocycles. The molecule has 0 bridgehead atoms. The first-order chi connectivity index (χ1) is 12.8. The van der Waals surface area contributed by atoms with Crippen LogP contribution < -0.4 is 10.1 Å². The first-order valence-electron chi connectivity index (χ1n) is 9.18. The van der Waals surface area contributed by atoms with Crippen molar-refractivity contribution in [2.45, 2.75) is 57.7 Å². The van der Waals surface area contributed by atoms with Gasteiger partial charge in [-0.3, -0.25) is 5.10 Å². The van der Waals surface area contributed by atoms with Gasteiger partial charge in [-0.25, -0.2) is 0 Å². The smallest absolute Gasteiger partial charge is 0.233 e. The summed E-state index contributed by atoms with van der Waals surface area (Å²) in [6, 6.07) is 6.00. The van der Waals surface area contributed by atoms with Gasteiger partial charge in [0.1, 0.15) is 11.8 Å². The van der Waals surface area contributed by atoms with Crippen LogP contribution in [0.3, 0.4) is 0 Å². The lowest BCUT2D eigenvalue weighted by Gasteiger charge is -2.46. The zero-order valence-corrected chi connectivity index (χ0v) is 16.9. The van der Waals surface area contributed by atoms with Crippen molar-refractivity contribution >= 4 is 11.3 Å². The first-order valence-corrected chi connectivity index (χ1v) is 10.1. The second kappa shape index (κ2) is 6.73. The van der Waals surface area contributed by atoms with E-state index in [9.17, 15) is 0 Å². The maximum atomic E-state index is 6.16. The van der Waals surface area contributed by atoms with Gasteiger partial charge in [-0.05, 0) is 50.8 Å². The predicted octanol–water partition coefficient (Wildman–Crippen LogP) is 4.28. The Kier molecular flexibility index (Phi) is 4.52. The van der Waals surface area contributed by atoms with E-state index in [4.69, 9.17) is 4.74 Å². The van der Waals surface area contributed by atoms with Gasteiger partial charge in [0.05, 0.1) is 11.1 Å². The van der Waals surface area contributed by atoms with E-state index in [1.54, 1.807) is 11.3 Å². The van der Waals surface area contributed by atoms with Gasteiger partial charge in [0, 0.05) is 41.7 Å². The van der Waals surface area contributed by atoms with Crippen molar-refractivity contribution in [3.63, 3.8) is 0 Å². The van der Waals surface area contributed by atoms with Gasteiger partial charge in [0.15, 0.2) is 0 Å². The lowest BCUT2D eigenvalue weighted by atomic mass is 9.81. The molecule has 0 spiro atoms. The Bertz CT molecular complexity index is 883. The fraction of sp³-hybridized carbons (Fsp3) is 0.450. The molecule has 0 aromatic carbocycles. The number of nitrogens with one attached hydrogen (secondary N) is 2. The van der Waals surface area contributed by atoms with E-state index in [1.165, 1.54) is 0 Å². The standard InChI is InChI=1S/C20H25N5OS/c1-19(2)8-15(9-20(3,4)25-19)26-18-6-5-16(23-24-18)17-7-13(12-27-17)14-10-21-22-11-14/h5-7,10-12,15,25H,8-9H2,1-4H3,(H,21,22). The largest absolute Gasteiger partial charge is 0.473 e. The molecule has 3 aromatic rings. The molecule has 0 saturated carbocycles. The van der Waals surface area contributed by atoms with E-state index < -0.39 is 0 Å². The van der Waals surface area contributed by atoms with Gasteiger partial charge in [-0.2, -0.15) is 5.10 Å². The third kappa shape index (κ3) is 4.20. The Morgan fingerprint density at radius 2 is 1.85 bits per heavy atom. The van der Waals surface area contributed by atoms with E-state index in [1.807, 2.05) is 24.5 Å². The van der Waals surface area contributed by atoms with Gasteiger partial charge in [0.25, 0.3) is 0 Å². The molecule has 142 valence electrons. The summed E-state index contributed by atoms with van der Waals surface area (Å²) in [4.78, 5) is 1.08. The molecule has 1 aliphatic rings. The highest BCUT2D eigenvalue weighted by Gasteiger charge is 2.38. The third-order valence-corrected chi connectivity index (χ3v) is 5.72. The summed E-state index contributed by atoms with van der Waals surface area (Å²) >= 11 is 1.65. The molecule has 0 atom stereocenters. The van der Waals surface area contributed by atoms with E-state index >= 15 is 0 Å². The van der Waals surface area contributed by atoms with E-state index in [-0.39, 0.29) is 17.2 Å². The molecule has 4 heterocycles. The summed E-state index contributed by atoms with van der Waals surface area (Å²) in [6.45, 7) is 8.86. The fourth-order valence-electron chi connectivity index (χ4n) is 4.03. The van der Waals surface area contributed by atoms with Crippen LogP contribution in [0.15, 0.2) is 36.0 Å². The number of aromatic nitrogens is 4. The van der Waals surface area contributed by atoms with E-state index in [0.29, 0.717) is 5.88 Å². The van der Waals surface area contributed by atoms with E-state index in [2.05, 4.69) is 64.9 Å². The highest BCUT2D eigenvalue weighted by Crippen LogP contribution is 2.33. The number of rotatable bonds is 4. The minimum atomic E-state index is 0.0419. The number of nitrogens with zero attached hydrogens (tertiary/aromatic N) is 3. The van der Waals surface area contributed by atoms with Crippen molar-refractivity contribution in [2.24, 2.45) is 0 Å². The van der Waals surface area contributed by atoms with Gasteiger partial charge < -0.3 is 10.1 Å². The third-order valence-electron chi connectivity index (χ3n) is 4.76. The number of ether oxygens (including phenoxy) is 1. The number of hydrogen-bond acceptors (Lipinski definition) is 6. The molecule has 27 heavy (non-hydrogen) atoms. The predicted molar refractivity (Wildman–Crippen MR) is 108 cm³/mol. The quantitative estimate of drug-likeness (QED) is 0.703. The fourth-order valence-corrected chi connectivity index (χ4v) is 4.91. The minimum absolute atomic E-state index is 0.0419. The molecule has 1 fully saturated rings. The van der Waals surface area contributed by atoms with Gasteiger partial charge >= 0.3 is 0 Å². The monoisotopic (exact) mass is 383 g/mol. The van der Waals surface area contributed by atoms with Crippen molar-refractivity contribution in [3.8, 4) is 27.6 Å². The number of hydrogen-bond donors (Lipinski definition) is 2. The van der Waals surface area contributed by atoms with Crippen LogP contribution in [0.4, 0.5) is 0 Å². The lowest BCUT2D eigenvalue weighted by Crippen LogP contribution is -2.60. The molecule has 1 saturated heterocycles. The SMILES string of the molecule is CC1(C)CC(Oc2ccc(-c3cc(-c4cn[nH]c4)cs3)nn2)CC(C)(C)N1. The average molecular weight is 384 g/mol. The number of aromatic amines is 1. The minimum Gasteiger partial charge on any atom is -0.473 e. The molecule has 0 amide bonds. The highest BCUT2D eigenvalue weighted by atomic mass is 32.1. The summed E-state index contributed by atoms with van der Waals surface area (Å²) < 4.78 is 6.16. The summed E-state index contributed by atoms with van der Waals surface area (Å²) in [6.07, 6.45) is 5.72. The van der Waals surface area contributed by atoms with Crippen molar-refractivity contribution in [1.82, 2.24) is 25.7 Å². The Morgan fingerprint density at radius 1 is 1.07 bits per heavy atom. The molecule has 0 radical (unpaired) electrons. The van der Waals surface area contributed by atoms with Crippen molar-refractivity contribution in [2.75, 3.05) is 0 Å². The first kappa shape index (κ1) is 18.1. The van der Waals surface area contributed by atoms with Crippen LogP contribution in [0, 0.1) is 0 Å². The van der Waals surface area contributed by atoms with Crippen LogP contribution in [-0.4, -0.2) is 37.6 Å². The molecule has 4 rings (SSSR count). The second-order valence-corrected chi connectivity index (χ2v) is 9.40. The molecule has 3 aromatic heterocycles. The van der Waals surface area contributed by atoms with Crippen LogP contribution >= 0.6 is 11.3 Å². The van der Waals surface area contributed by atoms with Gasteiger partial charge in [-0.15, -0.1) is 21.5 Å². The molecule has 7 heteroatoms. The van der Waals surface area contributed by atoms with Crippen LogP contribution in [0.5, 0.6) is 5.88 Å². The molecule has 0 unspecified atom stereocenters. The van der Waals surface area contributed by atoms with Crippen LogP contribution in [0.1, 0.15) is 40.5 Å². The van der Waals surface area contributed by atoms with Crippen molar-refractivity contribution < 1.29 is 4.74 Å². The van der Waals surface area contributed by atoms with Gasteiger partial charge in [-0.1, -0.05) is 0 Å². The maximum Gasteiger partial charge on any atom is 0.233 e. The molecule has 1 aliphatic heterocycles. The molecular weight excluding hydrogens is 358 g/mol. The zero-order chi connectivity index (χ0) is 19.1. The normalized spacial score (nSPS) is 19.1. The van der Waals surface area contributed by atoms with Gasteiger partial charge in [0.2, 0.25) is 5.88 Å². The Morgan fingerprint density at radius 3 is 2.48 bits per heavy atom. The molecular formula is C20H25N5OS. The Hall–Kier alpha value is -2.25. The summed E-state index contributed by atoms with van der Waals surface area (Å²) in [5.41, 5.74) is 3.14. The summed E-state index contributed by atoms with van der Waals surface area (Å²) in [7, 11) is 0. The number of piperidine rings is 1. The maximum absolute atomic E-state index is 6.16. The second-order valence-electron chi connectivity index (χ2n) is 8.48. The topological polar surface area (TPSA) is 75.7 Å². The number of H-pyrrole nitrogens is 1. The average Bonchev–Trinajstić information content (AvgIpc) is 3.24. The van der Waals surface area contributed by atoms with Crippen molar-refractivity contribution in [1.29, 1.82) is 0 Å². The lowest BCUT2D eigenvalue weighted by molar-refractivity contribution is 0.0524. The van der Waals surface area contributed by atoms with Crippen LogP contribution in [-0.2, 0) is 0 Å². The van der Waals surface area contributed by atoms with Crippen LogP contribution in [0.2, 0.25) is 0 Å². The van der Waals surface area contributed by atoms with Crippen LogP contribution in [0.25, 0.3) is 21.7 Å². The summed E-state index contributed by atoms with van der Waals surface area (Å²) in [5.74, 6) is 0.587. The number of thiophene rings is 1. The summed E-state index contributed by atoms with van der Waals surface area (Å²) in [5, 5.41) is 21.3. The van der Waals surface area contributed by atoms with E-state index in [0.717, 1.165) is 34.5 Å². The Labute approximate surface area is 163 Å². The zero-order valence-electron chi connectivity index (χ0n) is 16.1. The Balaban J connectivity index is 1.46. The molecule has 6 nitrogen and oxygen atoms in total.